The van der Waals surface area contributed by atoms with Crippen LogP contribution in [0.15, 0.2) is 48.5 Å². The number of hydrogen-bond acceptors (Lipinski definition) is 1. The molecule has 0 spiro atoms. The summed E-state index contributed by atoms with van der Waals surface area (Å²) in [5, 5.41) is 0. The molecule has 0 radical (unpaired) electrons. The van der Waals surface area contributed by atoms with E-state index >= 15 is 0 Å². The van der Waals surface area contributed by atoms with E-state index in [0.29, 0.717) is 0 Å². The fourth-order valence-corrected chi connectivity index (χ4v) is 2.69. The Morgan fingerprint density at radius 3 is 1.31 bits per heavy atom. The quantitative estimate of drug-likeness (QED) is 0.806. The number of benzene rings is 2. The maximum atomic E-state index is 12.2. The minimum atomic E-state index is -1.42. The average Bonchev–Trinajstić information content (AvgIpc) is 2.30. The van der Waals surface area contributed by atoms with Crippen molar-refractivity contribution in [3.05, 3.63) is 59.7 Å². The molecular formula is C14H14CoO. The van der Waals surface area contributed by atoms with Gasteiger partial charge in [0.05, 0.1) is 0 Å². The molecule has 2 heteroatoms. The molecule has 16 heavy (non-hydrogen) atoms. The third kappa shape index (κ3) is 2.46. The van der Waals surface area contributed by atoms with Crippen LogP contribution in [0.4, 0.5) is 0 Å². The molecule has 2 aromatic carbocycles. The Bertz CT molecular complexity index is 450. The fraction of sp³-hybridized carbons (Fsp3) is 0.143. The second-order valence-electron chi connectivity index (χ2n) is 3.76. The Morgan fingerprint density at radius 1 is 0.688 bits per heavy atom. The zero-order valence-electron chi connectivity index (χ0n) is 9.36. The van der Waals surface area contributed by atoms with Crippen molar-refractivity contribution in [3.63, 3.8) is 0 Å². The molecule has 0 aromatic heterocycles. The van der Waals surface area contributed by atoms with E-state index in [1.165, 1.54) is 11.1 Å². The Balaban J connectivity index is 2.32. The van der Waals surface area contributed by atoms with E-state index in [2.05, 4.69) is 0 Å². The zero-order valence-corrected chi connectivity index (χ0v) is 10.4. The molecule has 85 valence electrons. The van der Waals surface area contributed by atoms with Crippen LogP contribution in [0.5, 0.6) is 0 Å². The first-order chi connectivity index (χ1) is 7.66. The van der Waals surface area contributed by atoms with E-state index in [4.69, 9.17) is 0 Å². The normalized spacial score (nSPS) is 11.2. The van der Waals surface area contributed by atoms with Crippen molar-refractivity contribution in [2.24, 2.45) is 0 Å². The van der Waals surface area contributed by atoms with Gasteiger partial charge in [-0.15, -0.1) is 0 Å². The van der Waals surface area contributed by atoms with Crippen molar-refractivity contribution in [1.29, 1.82) is 0 Å². The van der Waals surface area contributed by atoms with Crippen LogP contribution >= 0.6 is 0 Å². The van der Waals surface area contributed by atoms with Gasteiger partial charge in [-0.25, -0.2) is 0 Å². The molecule has 0 aliphatic heterocycles. The van der Waals surface area contributed by atoms with E-state index in [9.17, 15) is 3.87 Å². The molecule has 0 bridgehead atoms. The van der Waals surface area contributed by atoms with Gasteiger partial charge in [0, 0.05) is 0 Å². The van der Waals surface area contributed by atoms with Crippen molar-refractivity contribution in [3.8, 4) is 0 Å². The van der Waals surface area contributed by atoms with Crippen molar-refractivity contribution in [1.82, 2.24) is 0 Å². The Kier molecular flexibility index (Phi) is 3.32. The number of hydrogen-bond donors (Lipinski definition) is 0. The molecule has 2 rings (SSSR count). The van der Waals surface area contributed by atoms with Gasteiger partial charge in [-0.2, -0.15) is 0 Å². The molecule has 0 atom stereocenters. The summed E-state index contributed by atoms with van der Waals surface area (Å²) in [6, 6.07) is 15.7. The molecule has 0 unspecified atom stereocenters. The molecule has 2 aromatic rings. The van der Waals surface area contributed by atoms with Crippen molar-refractivity contribution >= 4 is 9.00 Å². The molecule has 1 nitrogen and oxygen atoms in total. The average molecular weight is 257 g/mol. The van der Waals surface area contributed by atoms with Gasteiger partial charge in [0.1, 0.15) is 0 Å². The Morgan fingerprint density at radius 2 is 1.00 bits per heavy atom. The van der Waals surface area contributed by atoms with Gasteiger partial charge in [0.15, 0.2) is 0 Å². The van der Waals surface area contributed by atoms with Crippen LogP contribution in [-0.2, 0) is 17.5 Å². The van der Waals surface area contributed by atoms with Gasteiger partial charge in [-0.3, -0.25) is 0 Å². The van der Waals surface area contributed by atoms with Crippen LogP contribution in [0.25, 0.3) is 0 Å². The van der Waals surface area contributed by atoms with Crippen LogP contribution < -0.4 is 9.00 Å². The topological polar surface area (TPSA) is 17.1 Å². The molecule has 0 saturated carbocycles. The van der Waals surface area contributed by atoms with Gasteiger partial charge in [0.25, 0.3) is 0 Å². The summed E-state index contributed by atoms with van der Waals surface area (Å²) in [7, 11) is 0. The van der Waals surface area contributed by atoms with Crippen LogP contribution in [-0.4, -0.2) is 0 Å². The summed E-state index contributed by atoms with van der Waals surface area (Å²) in [5.74, 6) is 0. The fourth-order valence-electron chi connectivity index (χ4n) is 1.36. The van der Waals surface area contributed by atoms with Crippen molar-refractivity contribution in [2.45, 2.75) is 13.8 Å². The molecule has 0 amide bonds. The molecule has 0 saturated heterocycles. The molecule has 0 fully saturated rings. The zero-order chi connectivity index (χ0) is 11.5. The van der Waals surface area contributed by atoms with Crippen LogP contribution in [0.2, 0.25) is 0 Å². The van der Waals surface area contributed by atoms with E-state index in [1.54, 1.807) is 0 Å². The molecule has 0 aliphatic carbocycles. The summed E-state index contributed by atoms with van der Waals surface area (Å²) in [6.45, 7) is 4.06. The maximum absolute atomic E-state index is 12.2. The minimum absolute atomic E-state index is 0.891. The van der Waals surface area contributed by atoms with Crippen molar-refractivity contribution in [2.75, 3.05) is 0 Å². The summed E-state index contributed by atoms with van der Waals surface area (Å²) < 4.78 is 14.0. The summed E-state index contributed by atoms with van der Waals surface area (Å²) in [4.78, 5) is 0. The molecule has 0 aliphatic rings. The van der Waals surface area contributed by atoms with Gasteiger partial charge in [-0.1, -0.05) is 0 Å². The predicted molar refractivity (Wildman–Crippen MR) is 62.3 cm³/mol. The molecular weight excluding hydrogens is 243 g/mol. The third-order valence-electron chi connectivity index (χ3n) is 2.34. The molecule has 0 N–H and O–H groups in total. The second kappa shape index (κ2) is 4.72. The second-order valence-corrected chi connectivity index (χ2v) is 5.65. The summed E-state index contributed by atoms with van der Waals surface area (Å²) in [6.07, 6.45) is 0. The van der Waals surface area contributed by atoms with Gasteiger partial charge in [-0.05, 0) is 0 Å². The molecule has 0 heterocycles. The monoisotopic (exact) mass is 257 g/mol. The van der Waals surface area contributed by atoms with E-state index < -0.39 is 13.6 Å². The SMILES string of the molecule is Cc1cc[c]([Co](=[O])[c]2ccc(C)cc2)cc1. The third-order valence-corrected chi connectivity index (χ3v) is 4.13. The van der Waals surface area contributed by atoms with Crippen molar-refractivity contribution < 1.29 is 17.5 Å². The number of aryl methyl sites for hydroxylation is 2. The van der Waals surface area contributed by atoms with Gasteiger partial charge >= 0.3 is 100.0 Å². The van der Waals surface area contributed by atoms with Crippen LogP contribution in [0.1, 0.15) is 11.1 Å². The van der Waals surface area contributed by atoms with Gasteiger partial charge < -0.3 is 0 Å². The summed E-state index contributed by atoms with van der Waals surface area (Å²) >= 11 is -1.42. The number of rotatable bonds is 2. The summed E-state index contributed by atoms with van der Waals surface area (Å²) in [5.41, 5.74) is 2.38. The Labute approximate surface area is 100 Å². The Hall–Kier alpha value is -1.25. The van der Waals surface area contributed by atoms with Gasteiger partial charge in [0.2, 0.25) is 0 Å². The first kappa shape index (κ1) is 11.2. The first-order valence-electron chi connectivity index (χ1n) is 5.11. The predicted octanol–water partition coefficient (Wildman–Crippen LogP) is 2.22. The van der Waals surface area contributed by atoms with E-state index in [1.807, 2.05) is 62.4 Å². The van der Waals surface area contributed by atoms with Crippen LogP contribution in [0.3, 0.4) is 0 Å². The van der Waals surface area contributed by atoms with E-state index in [0.717, 1.165) is 9.00 Å². The van der Waals surface area contributed by atoms with E-state index in [-0.39, 0.29) is 0 Å². The standard InChI is InChI=1S/2C7H7.Co.O/c2*1-7-5-3-2-4-6-7;;/h2*3-6H,1H3;;. The van der Waals surface area contributed by atoms with Crippen LogP contribution in [0, 0.1) is 13.8 Å². The first-order valence-corrected chi connectivity index (χ1v) is 6.58.